The Kier molecular flexibility index (Phi) is 7.50. The van der Waals surface area contributed by atoms with Gasteiger partial charge in [-0.25, -0.2) is 0 Å². The third-order valence-electron chi connectivity index (χ3n) is 3.45. The summed E-state index contributed by atoms with van der Waals surface area (Å²) in [6.07, 6.45) is 0. The fourth-order valence-electron chi connectivity index (χ4n) is 2.34. The normalized spacial score (nSPS) is 18.7. The largest absolute Gasteiger partial charge is 0.492 e. The molecule has 21 heavy (non-hydrogen) atoms. The molecular formula is C15H24ClN3O2. The summed E-state index contributed by atoms with van der Waals surface area (Å²) in [6, 6.07) is 7.91. The maximum Gasteiger partial charge on any atom is 0.238 e. The summed E-state index contributed by atoms with van der Waals surface area (Å²) < 4.78 is 5.51. The second-order valence-corrected chi connectivity index (χ2v) is 5.00. The fourth-order valence-corrected chi connectivity index (χ4v) is 2.34. The standard InChI is InChI=1S/C15H23N3O2.ClH/c1-3-20-14-7-5-4-6-13(14)17-15(19)11-18-9-8-16-10-12(18)2;/h4-7,12,16H,3,8-11H2,1-2H3,(H,17,19);1H. The SMILES string of the molecule is CCOc1ccccc1NC(=O)CN1CCNCC1C.Cl. The quantitative estimate of drug-likeness (QED) is 0.869. The zero-order valence-electron chi connectivity index (χ0n) is 12.6. The lowest BCUT2D eigenvalue weighted by molar-refractivity contribution is -0.118. The molecule has 1 saturated heterocycles. The first kappa shape index (κ1) is 17.8. The summed E-state index contributed by atoms with van der Waals surface area (Å²) >= 11 is 0. The van der Waals surface area contributed by atoms with Crippen LogP contribution in [0.25, 0.3) is 0 Å². The number of carbonyl (C=O) groups is 1. The van der Waals surface area contributed by atoms with Crippen molar-refractivity contribution in [2.45, 2.75) is 19.9 Å². The van der Waals surface area contributed by atoms with Crippen LogP contribution in [0.5, 0.6) is 5.75 Å². The highest BCUT2D eigenvalue weighted by molar-refractivity contribution is 5.93. The first-order valence-electron chi connectivity index (χ1n) is 7.17. The predicted octanol–water partition coefficient (Wildman–Crippen LogP) is 1.74. The highest BCUT2D eigenvalue weighted by Crippen LogP contribution is 2.23. The second kappa shape index (κ2) is 8.87. The number of rotatable bonds is 5. The molecule has 0 spiro atoms. The molecule has 1 aromatic carbocycles. The molecule has 1 heterocycles. The molecule has 0 aliphatic carbocycles. The zero-order chi connectivity index (χ0) is 14.4. The predicted molar refractivity (Wildman–Crippen MR) is 87.4 cm³/mol. The van der Waals surface area contributed by atoms with Gasteiger partial charge in [0.2, 0.25) is 5.91 Å². The number of hydrogen-bond donors (Lipinski definition) is 2. The molecule has 0 aromatic heterocycles. The lowest BCUT2D eigenvalue weighted by Crippen LogP contribution is -2.51. The van der Waals surface area contributed by atoms with E-state index in [4.69, 9.17) is 4.74 Å². The van der Waals surface area contributed by atoms with Gasteiger partial charge in [-0.15, -0.1) is 12.4 Å². The Morgan fingerprint density at radius 1 is 1.48 bits per heavy atom. The van der Waals surface area contributed by atoms with Crippen molar-refractivity contribution in [1.29, 1.82) is 0 Å². The summed E-state index contributed by atoms with van der Waals surface area (Å²) in [7, 11) is 0. The van der Waals surface area contributed by atoms with Gasteiger partial charge in [0.15, 0.2) is 0 Å². The van der Waals surface area contributed by atoms with Crippen LogP contribution in [0.4, 0.5) is 5.69 Å². The lowest BCUT2D eigenvalue weighted by Gasteiger charge is -2.33. The third-order valence-corrected chi connectivity index (χ3v) is 3.45. The monoisotopic (exact) mass is 313 g/mol. The third kappa shape index (κ3) is 5.19. The first-order chi connectivity index (χ1) is 9.70. The van der Waals surface area contributed by atoms with Crippen LogP contribution < -0.4 is 15.4 Å². The average molecular weight is 314 g/mol. The van der Waals surface area contributed by atoms with Crippen molar-refractivity contribution in [2.24, 2.45) is 0 Å². The van der Waals surface area contributed by atoms with Crippen LogP contribution in [0.1, 0.15) is 13.8 Å². The van der Waals surface area contributed by atoms with E-state index in [1.165, 1.54) is 0 Å². The molecule has 2 rings (SSSR count). The molecule has 1 amide bonds. The number of nitrogens with zero attached hydrogens (tertiary/aromatic N) is 1. The molecule has 0 radical (unpaired) electrons. The molecule has 6 heteroatoms. The maximum absolute atomic E-state index is 12.2. The number of benzene rings is 1. The van der Waals surface area contributed by atoms with Crippen LogP contribution in [-0.4, -0.2) is 49.6 Å². The van der Waals surface area contributed by atoms with Crippen molar-refractivity contribution < 1.29 is 9.53 Å². The van der Waals surface area contributed by atoms with Crippen LogP contribution in [0.2, 0.25) is 0 Å². The Bertz CT molecular complexity index is 456. The van der Waals surface area contributed by atoms with Crippen molar-refractivity contribution in [3.8, 4) is 5.75 Å². The van der Waals surface area contributed by atoms with Crippen LogP contribution >= 0.6 is 12.4 Å². The van der Waals surface area contributed by atoms with Crippen molar-refractivity contribution in [2.75, 3.05) is 38.1 Å². The van der Waals surface area contributed by atoms with Gasteiger partial charge in [0, 0.05) is 25.7 Å². The van der Waals surface area contributed by atoms with Gasteiger partial charge in [-0.3, -0.25) is 9.69 Å². The molecule has 2 N–H and O–H groups in total. The molecule has 0 bridgehead atoms. The van der Waals surface area contributed by atoms with E-state index >= 15 is 0 Å². The molecule has 1 aromatic rings. The Morgan fingerprint density at radius 3 is 2.95 bits per heavy atom. The molecule has 1 unspecified atom stereocenters. The Morgan fingerprint density at radius 2 is 2.24 bits per heavy atom. The van der Waals surface area contributed by atoms with E-state index in [9.17, 15) is 4.79 Å². The minimum Gasteiger partial charge on any atom is -0.492 e. The van der Waals surface area contributed by atoms with Gasteiger partial charge < -0.3 is 15.4 Å². The molecular weight excluding hydrogens is 290 g/mol. The highest BCUT2D eigenvalue weighted by atomic mass is 35.5. The van der Waals surface area contributed by atoms with Gasteiger partial charge >= 0.3 is 0 Å². The average Bonchev–Trinajstić information content (AvgIpc) is 2.44. The number of amides is 1. The summed E-state index contributed by atoms with van der Waals surface area (Å²) in [5.41, 5.74) is 0.738. The van der Waals surface area contributed by atoms with Crippen molar-refractivity contribution >= 4 is 24.0 Å². The van der Waals surface area contributed by atoms with Crippen molar-refractivity contribution in [3.63, 3.8) is 0 Å². The Hall–Kier alpha value is -1.30. The number of hydrogen-bond acceptors (Lipinski definition) is 4. The van der Waals surface area contributed by atoms with Gasteiger partial charge in [-0.05, 0) is 26.0 Å². The van der Waals surface area contributed by atoms with E-state index in [0.29, 0.717) is 19.2 Å². The van der Waals surface area contributed by atoms with Crippen LogP contribution in [0.3, 0.4) is 0 Å². The van der Waals surface area contributed by atoms with Gasteiger partial charge in [-0.1, -0.05) is 12.1 Å². The van der Waals surface area contributed by atoms with E-state index in [1.807, 2.05) is 31.2 Å². The molecule has 1 atom stereocenters. The van der Waals surface area contributed by atoms with Crippen LogP contribution in [0.15, 0.2) is 24.3 Å². The van der Waals surface area contributed by atoms with E-state index in [2.05, 4.69) is 22.5 Å². The Labute approximate surface area is 132 Å². The number of ether oxygens (including phenoxy) is 1. The van der Waals surface area contributed by atoms with Crippen molar-refractivity contribution in [3.05, 3.63) is 24.3 Å². The fraction of sp³-hybridized carbons (Fsp3) is 0.533. The number of anilines is 1. The van der Waals surface area contributed by atoms with E-state index in [1.54, 1.807) is 0 Å². The van der Waals surface area contributed by atoms with Gasteiger partial charge in [-0.2, -0.15) is 0 Å². The molecule has 1 aliphatic rings. The second-order valence-electron chi connectivity index (χ2n) is 5.00. The Balaban J connectivity index is 0.00000220. The van der Waals surface area contributed by atoms with E-state index < -0.39 is 0 Å². The summed E-state index contributed by atoms with van der Waals surface area (Å²) in [5.74, 6) is 0.725. The number of nitrogens with one attached hydrogen (secondary N) is 2. The first-order valence-corrected chi connectivity index (χ1v) is 7.17. The maximum atomic E-state index is 12.2. The molecule has 118 valence electrons. The zero-order valence-corrected chi connectivity index (χ0v) is 13.4. The summed E-state index contributed by atoms with van der Waals surface area (Å²) in [4.78, 5) is 14.3. The number of carbonyl (C=O) groups excluding carboxylic acids is 1. The molecule has 5 nitrogen and oxygen atoms in total. The number of halogens is 1. The number of piperazine rings is 1. The molecule has 0 saturated carbocycles. The molecule has 1 aliphatic heterocycles. The minimum absolute atomic E-state index is 0. The minimum atomic E-state index is 0. The van der Waals surface area contributed by atoms with Gasteiger partial charge in [0.25, 0.3) is 0 Å². The van der Waals surface area contributed by atoms with E-state index in [-0.39, 0.29) is 18.3 Å². The van der Waals surface area contributed by atoms with E-state index in [0.717, 1.165) is 31.1 Å². The topological polar surface area (TPSA) is 53.6 Å². The van der Waals surface area contributed by atoms with Crippen LogP contribution in [0, 0.1) is 0 Å². The number of para-hydroxylation sites is 2. The van der Waals surface area contributed by atoms with Gasteiger partial charge in [0.1, 0.15) is 5.75 Å². The smallest absolute Gasteiger partial charge is 0.238 e. The molecule has 1 fully saturated rings. The van der Waals surface area contributed by atoms with Gasteiger partial charge in [0.05, 0.1) is 18.8 Å². The summed E-state index contributed by atoms with van der Waals surface area (Å²) in [5, 5.41) is 6.26. The van der Waals surface area contributed by atoms with Crippen molar-refractivity contribution in [1.82, 2.24) is 10.2 Å². The summed E-state index contributed by atoms with van der Waals surface area (Å²) in [6.45, 7) is 7.84. The highest BCUT2D eigenvalue weighted by Gasteiger charge is 2.20. The van der Waals surface area contributed by atoms with Crippen LogP contribution in [-0.2, 0) is 4.79 Å². The lowest BCUT2D eigenvalue weighted by atomic mass is 10.2.